The summed E-state index contributed by atoms with van der Waals surface area (Å²) in [5.74, 6) is -0.541. The Labute approximate surface area is 178 Å². The summed E-state index contributed by atoms with van der Waals surface area (Å²) in [5, 5.41) is 23.6. The number of Topliss-reactive ketones (excluding diaryl/α,β-unsaturated/α-hetero) is 1. The van der Waals surface area contributed by atoms with Gasteiger partial charge < -0.3 is 14.9 Å². The van der Waals surface area contributed by atoms with Crippen molar-refractivity contribution in [2.75, 3.05) is 0 Å². The minimum absolute atomic E-state index is 0.0490. The van der Waals surface area contributed by atoms with E-state index in [4.69, 9.17) is 4.74 Å². The number of carbonyl (C=O) groups is 2. The highest BCUT2D eigenvalue weighted by Gasteiger charge is 2.76. The van der Waals surface area contributed by atoms with E-state index in [1.165, 1.54) is 0 Å². The lowest BCUT2D eigenvalue weighted by Gasteiger charge is -2.48. The average molecular weight is 415 g/mol. The van der Waals surface area contributed by atoms with Gasteiger partial charge in [0.25, 0.3) is 0 Å². The number of aliphatic hydroxyl groups is 2. The molecule has 0 saturated heterocycles. The molecule has 4 unspecified atom stereocenters. The third-order valence-corrected chi connectivity index (χ3v) is 8.82. The Bertz CT molecular complexity index is 908. The molecule has 2 N–H and O–H groups in total. The van der Waals surface area contributed by atoms with Gasteiger partial charge in [0.15, 0.2) is 17.5 Å². The Morgan fingerprint density at radius 1 is 1.27 bits per heavy atom. The van der Waals surface area contributed by atoms with Gasteiger partial charge in [0.05, 0.1) is 5.41 Å². The second-order valence-corrected chi connectivity index (χ2v) is 10.6. The molecule has 5 nitrogen and oxygen atoms in total. The second-order valence-electron chi connectivity index (χ2n) is 10.6. The summed E-state index contributed by atoms with van der Waals surface area (Å²) in [4.78, 5) is 26.7. The normalized spacial score (nSPS) is 46.7. The van der Waals surface area contributed by atoms with Crippen molar-refractivity contribution in [1.82, 2.24) is 0 Å². The summed E-state index contributed by atoms with van der Waals surface area (Å²) in [5.41, 5.74) is -1.53. The highest BCUT2D eigenvalue weighted by molar-refractivity contribution is 5.95. The lowest BCUT2D eigenvalue weighted by atomic mass is 9.59. The molecular weight excluding hydrogens is 380 g/mol. The third kappa shape index (κ3) is 2.36. The number of hydrogen-bond acceptors (Lipinski definition) is 5. The Balaban J connectivity index is 1.89. The van der Waals surface area contributed by atoms with Crippen LogP contribution in [0.15, 0.2) is 34.9 Å². The zero-order valence-corrected chi connectivity index (χ0v) is 19.0. The van der Waals surface area contributed by atoms with Crippen molar-refractivity contribution >= 4 is 11.8 Å². The monoisotopic (exact) mass is 414 g/mol. The Hall–Kier alpha value is -1.72. The van der Waals surface area contributed by atoms with Crippen LogP contribution in [0, 0.1) is 34.5 Å². The number of aliphatic hydroxyl groups excluding tert-OH is 1. The van der Waals surface area contributed by atoms with E-state index in [2.05, 4.69) is 13.8 Å². The minimum Gasteiger partial charge on any atom is -0.451 e. The lowest BCUT2D eigenvalue weighted by molar-refractivity contribution is -0.201. The van der Waals surface area contributed by atoms with Crippen LogP contribution in [0.25, 0.3) is 0 Å². The molecule has 1 spiro atoms. The molecule has 2 fully saturated rings. The third-order valence-electron chi connectivity index (χ3n) is 8.82. The van der Waals surface area contributed by atoms with Crippen LogP contribution in [0.2, 0.25) is 0 Å². The molecule has 2 saturated carbocycles. The summed E-state index contributed by atoms with van der Waals surface area (Å²) >= 11 is 0. The molecule has 0 heterocycles. The van der Waals surface area contributed by atoms with Gasteiger partial charge in [-0.15, -0.1) is 0 Å². The van der Waals surface area contributed by atoms with Gasteiger partial charge in [0.2, 0.25) is 0 Å². The predicted octanol–water partition coefficient (Wildman–Crippen LogP) is 3.36. The van der Waals surface area contributed by atoms with Crippen LogP contribution in [0.4, 0.5) is 0 Å². The zero-order valence-electron chi connectivity index (χ0n) is 19.0. The molecular formula is C25H34O5. The first-order valence-electron chi connectivity index (χ1n) is 11.0. The molecule has 0 amide bonds. The van der Waals surface area contributed by atoms with Crippen molar-refractivity contribution in [3.8, 4) is 0 Å². The summed E-state index contributed by atoms with van der Waals surface area (Å²) in [6, 6.07) is 0. The number of hydrogen-bond donors (Lipinski definition) is 2. The lowest BCUT2D eigenvalue weighted by Crippen LogP contribution is -2.65. The molecule has 0 radical (unpaired) electrons. The second kappa shape index (κ2) is 6.39. The fourth-order valence-corrected chi connectivity index (χ4v) is 6.89. The molecule has 4 aliphatic carbocycles. The summed E-state index contributed by atoms with van der Waals surface area (Å²) < 4.78 is 5.76. The largest absolute Gasteiger partial charge is 0.451 e. The van der Waals surface area contributed by atoms with Crippen LogP contribution in [-0.4, -0.2) is 39.8 Å². The fraction of sp³-hybridized carbons (Fsp3) is 0.680. The Morgan fingerprint density at radius 2 is 1.90 bits per heavy atom. The van der Waals surface area contributed by atoms with E-state index in [0.29, 0.717) is 22.6 Å². The molecule has 4 rings (SSSR count). The average Bonchev–Trinajstić information content (AvgIpc) is 3.17. The fourth-order valence-electron chi connectivity index (χ4n) is 6.89. The molecule has 8 atom stereocenters. The van der Waals surface area contributed by atoms with Crippen molar-refractivity contribution in [2.45, 2.75) is 72.7 Å². The van der Waals surface area contributed by atoms with Gasteiger partial charge in [0, 0.05) is 11.5 Å². The van der Waals surface area contributed by atoms with Crippen LogP contribution in [0.1, 0.15) is 54.9 Å². The van der Waals surface area contributed by atoms with E-state index in [1.807, 2.05) is 19.1 Å². The maximum absolute atomic E-state index is 14.1. The Kier molecular flexibility index (Phi) is 4.58. The van der Waals surface area contributed by atoms with Gasteiger partial charge in [-0.2, -0.15) is 0 Å². The number of ketones is 1. The summed E-state index contributed by atoms with van der Waals surface area (Å²) in [6.07, 6.45) is 3.74. The molecule has 0 aromatic rings. The van der Waals surface area contributed by atoms with E-state index in [0.717, 1.165) is 6.42 Å². The number of allylic oxidation sites excluding steroid dienone is 2. The standard InChI is InChI=1S/C25H34O5/c1-8-12(2)22(28)30-21-14(4)11-24-15(5)10-17-18(23(17,6)7)16(20(24)27)9-13(3)19(26)25(21,24)29/h8-9,11,15-19,21,26,29H,10H2,1-7H3/t15?,16?,17-,18+,19?,21?,24-,25-/m0/s1. The smallest absolute Gasteiger partial charge is 0.334 e. The first-order valence-corrected chi connectivity index (χ1v) is 11.0. The summed E-state index contributed by atoms with van der Waals surface area (Å²) in [6.45, 7) is 13.3. The predicted molar refractivity (Wildman–Crippen MR) is 113 cm³/mol. The maximum Gasteiger partial charge on any atom is 0.334 e. The molecule has 2 bridgehead atoms. The van der Waals surface area contributed by atoms with E-state index < -0.39 is 29.2 Å². The molecule has 0 aliphatic heterocycles. The van der Waals surface area contributed by atoms with Gasteiger partial charge in [-0.1, -0.05) is 39.0 Å². The van der Waals surface area contributed by atoms with Gasteiger partial charge >= 0.3 is 5.97 Å². The van der Waals surface area contributed by atoms with Gasteiger partial charge in [-0.25, -0.2) is 4.79 Å². The van der Waals surface area contributed by atoms with Crippen molar-refractivity contribution < 1.29 is 24.5 Å². The van der Waals surface area contributed by atoms with Crippen LogP contribution in [0.5, 0.6) is 0 Å². The maximum atomic E-state index is 14.1. The van der Waals surface area contributed by atoms with E-state index in [-0.39, 0.29) is 29.0 Å². The van der Waals surface area contributed by atoms with Gasteiger partial charge in [-0.05, 0) is 68.4 Å². The molecule has 0 aromatic carbocycles. The number of carbonyl (C=O) groups excluding carboxylic acids is 2. The van der Waals surface area contributed by atoms with Crippen LogP contribution < -0.4 is 0 Å². The molecule has 4 aliphatic rings. The van der Waals surface area contributed by atoms with Crippen LogP contribution in [0.3, 0.4) is 0 Å². The van der Waals surface area contributed by atoms with E-state index in [1.54, 1.807) is 33.8 Å². The topological polar surface area (TPSA) is 83.8 Å². The van der Waals surface area contributed by atoms with Gasteiger partial charge in [-0.3, -0.25) is 4.79 Å². The summed E-state index contributed by atoms with van der Waals surface area (Å²) in [7, 11) is 0. The van der Waals surface area contributed by atoms with Crippen molar-refractivity contribution in [3.05, 3.63) is 34.9 Å². The van der Waals surface area contributed by atoms with Crippen molar-refractivity contribution in [3.63, 3.8) is 0 Å². The zero-order chi connectivity index (χ0) is 22.4. The highest BCUT2D eigenvalue weighted by atomic mass is 16.6. The molecule has 30 heavy (non-hydrogen) atoms. The number of esters is 1. The van der Waals surface area contributed by atoms with Crippen molar-refractivity contribution in [1.29, 1.82) is 0 Å². The number of rotatable bonds is 2. The molecule has 164 valence electrons. The van der Waals surface area contributed by atoms with E-state index in [9.17, 15) is 19.8 Å². The minimum atomic E-state index is -1.92. The highest BCUT2D eigenvalue weighted by Crippen LogP contribution is 2.71. The van der Waals surface area contributed by atoms with Crippen LogP contribution >= 0.6 is 0 Å². The van der Waals surface area contributed by atoms with E-state index >= 15 is 0 Å². The molecule has 0 aromatic heterocycles. The quantitative estimate of drug-likeness (QED) is 0.411. The molecule has 5 heteroatoms. The Morgan fingerprint density at radius 3 is 2.50 bits per heavy atom. The first-order chi connectivity index (χ1) is 13.9. The SMILES string of the molecule is CC=C(C)C(=O)OC1C(C)=C[C@]23C(=O)C(C=C(C)C(O)[C@]12O)[C@@H]1[C@H](CC3C)C1(C)C. The van der Waals surface area contributed by atoms with Crippen LogP contribution in [-0.2, 0) is 14.3 Å². The number of ether oxygens (including phenoxy) is 1. The van der Waals surface area contributed by atoms with Crippen molar-refractivity contribution in [2.24, 2.45) is 34.5 Å². The number of fused-ring (bicyclic) bond motifs is 3. The van der Waals surface area contributed by atoms with Gasteiger partial charge in [0.1, 0.15) is 6.10 Å². The first kappa shape index (κ1) is 21.5.